The molecule has 3 saturated carbocycles. The quantitative estimate of drug-likeness (QED) is 0.365. The zero-order valence-electron chi connectivity index (χ0n) is 28.2. The first-order valence-corrected chi connectivity index (χ1v) is 17.2. The summed E-state index contributed by atoms with van der Waals surface area (Å²) in [7, 11) is 0. The summed E-state index contributed by atoms with van der Waals surface area (Å²) in [6.45, 7) is 25.9. The second-order valence-electron chi connectivity index (χ2n) is 16.6. The van der Waals surface area contributed by atoms with E-state index in [-0.39, 0.29) is 27.6 Å². The molecule has 1 aromatic rings. The minimum absolute atomic E-state index is 0.0253. The lowest BCUT2D eigenvalue weighted by Gasteiger charge is -2.70. The van der Waals surface area contributed by atoms with E-state index in [0.29, 0.717) is 23.7 Å². The Morgan fingerprint density at radius 2 is 1.67 bits per heavy atom. The Labute approximate surface area is 255 Å². The van der Waals surface area contributed by atoms with Gasteiger partial charge in [-0.2, -0.15) is 0 Å². The molecule has 0 amide bonds. The highest BCUT2D eigenvalue weighted by molar-refractivity contribution is 5.76. The van der Waals surface area contributed by atoms with Crippen LogP contribution in [0.1, 0.15) is 124 Å². The molecule has 0 unspecified atom stereocenters. The molecule has 0 saturated heterocycles. The first kappa shape index (κ1) is 30.1. The third-order valence-corrected chi connectivity index (χ3v) is 14.9. The summed E-state index contributed by atoms with van der Waals surface area (Å²) in [5.41, 5.74) is 3.90. The Bertz CT molecular complexity index is 1310. The summed E-state index contributed by atoms with van der Waals surface area (Å²) in [6, 6.07) is 0. The predicted octanol–water partition coefficient (Wildman–Crippen LogP) is 8.39. The van der Waals surface area contributed by atoms with Gasteiger partial charge in [0, 0.05) is 24.1 Å². The first-order valence-electron chi connectivity index (χ1n) is 17.2. The van der Waals surface area contributed by atoms with Crippen LogP contribution in [0.15, 0.2) is 11.6 Å². The van der Waals surface area contributed by atoms with Crippen molar-refractivity contribution < 1.29 is 9.90 Å². The normalized spacial score (nSPS) is 43.6. The Balaban J connectivity index is 1.49. The number of aryl methyl sites for hydroxylation is 1. The van der Waals surface area contributed by atoms with Crippen LogP contribution in [-0.4, -0.2) is 34.1 Å². The van der Waals surface area contributed by atoms with E-state index in [1.165, 1.54) is 29.7 Å². The van der Waals surface area contributed by atoms with Crippen molar-refractivity contribution in [3.8, 4) is 0 Å². The zero-order valence-corrected chi connectivity index (χ0v) is 28.2. The molecule has 3 fully saturated rings. The maximum Gasteiger partial charge on any atom is 0.310 e. The molecule has 1 heterocycles. The average molecular weight is 576 g/mol. The summed E-state index contributed by atoms with van der Waals surface area (Å²) >= 11 is 0. The number of allylic oxidation sites excluding steroid dienone is 2. The van der Waals surface area contributed by atoms with Crippen LogP contribution in [0.2, 0.25) is 0 Å². The molecule has 5 aliphatic rings. The van der Waals surface area contributed by atoms with Gasteiger partial charge in [0.2, 0.25) is 0 Å². The van der Waals surface area contributed by atoms with Crippen molar-refractivity contribution in [3.05, 3.63) is 28.7 Å². The van der Waals surface area contributed by atoms with Gasteiger partial charge in [-0.05, 0) is 118 Å². The van der Waals surface area contributed by atoms with Gasteiger partial charge in [0.05, 0.1) is 11.1 Å². The van der Waals surface area contributed by atoms with E-state index in [0.717, 1.165) is 63.3 Å². The maximum absolute atomic E-state index is 13.0. The van der Waals surface area contributed by atoms with Gasteiger partial charge >= 0.3 is 5.97 Å². The van der Waals surface area contributed by atoms with Gasteiger partial charge in [-0.3, -0.25) is 4.79 Å². The number of carbonyl (C=O) groups is 1. The van der Waals surface area contributed by atoms with E-state index in [4.69, 9.17) is 9.97 Å². The van der Waals surface area contributed by atoms with Gasteiger partial charge < -0.3 is 10.0 Å². The van der Waals surface area contributed by atoms with E-state index in [1.54, 1.807) is 0 Å². The van der Waals surface area contributed by atoms with Crippen LogP contribution in [-0.2, 0) is 16.6 Å². The van der Waals surface area contributed by atoms with E-state index in [1.807, 2.05) is 0 Å². The van der Waals surface area contributed by atoms with Crippen molar-refractivity contribution in [3.63, 3.8) is 0 Å². The van der Waals surface area contributed by atoms with E-state index in [2.05, 4.69) is 80.2 Å². The van der Waals surface area contributed by atoms with Gasteiger partial charge in [0.1, 0.15) is 11.6 Å². The molecule has 42 heavy (non-hydrogen) atoms. The fraction of sp³-hybridized carbons (Fsp3) is 0.811. The van der Waals surface area contributed by atoms with Crippen LogP contribution in [0.4, 0.5) is 5.82 Å². The largest absolute Gasteiger partial charge is 0.481 e. The number of carboxylic acid groups (broad SMARTS) is 1. The predicted molar refractivity (Wildman–Crippen MR) is 171 cm³/mol. The number of nitrogens with zero attached hydrogens (tertiary/aromatic N) is 3. The van der Waals surface area contributed by atoms with E-state index < -0.39 is 11.4 Å². The SMILES string of the molecule is CCN(CC)c1nc(C)nc2c1C[C@]1(C)[C@H]3CC=C4[C@@H]5[C@@H](C)[C@H](C)CC[C@]5(C(=O)O)CC[C@@]4(C)[C@]3(C)CC[C@H]1C2(C)C. The number of hydrogen-bond acceptors (Lipinski definition) is 4. The van der Waals surface area contributed by atoms with Crippen LogP contribution < -0.4 is 4.90 Å². The van der Waals surface area contributed by atoms with Gasteiger partial charge in [-0.15, -0.1) is 0 Å². The number of rotatable bonds is 4. The molecule has 0 bridgehead atoms. The minimum Gasteiger partial charge on any atom is -0.481 e. The van der Waals surface area contributed by atoms with Crippen LogP contribution in [0.5, 0.6) is 0 Å². The highest BCUT2D eigenvalue weighted by Crippen LogP contribution is 2.75. The van der Waals surface area contributed by atoms with Crippen LogP contribution in [0.25, 0.3) is 0 Å². The van der Waals surface area contributed by atoms with Gasteiger partial charge in [-0.25, -0.2) is 9.97 Å². The monoisotopic (exact) mass is 575 g/mol. The molecular formula is C37H57N3O2. The summed E-state index contributed by atoms with van der Waals surface area (Å²) < 4.78 is 0. The number of fused-ring (bicyclic) bond motifs is 8. The Kier molecular flexibility index (Phi) is 6.85. The molecule has 1 N–H and O–H groups in total. The summed E-state index contributed by atoms with van der Waals surface area (Å²) in [6.07, 6.45) is 10.9. The molecule has 232 valence electrons. The highest BCUT2D eigenvalue weighted by atomic mass is 16.4. The lowest BCUT2D eigenvalue weighted by molar-refractivity contribution is -0.179. The smallest absolute Gasteiger partial charge is 0.310 e. The van der Waals surface area contributed by atoms with Crippen molar-refractivity contribution >= 4 is 11.8 Å². The lowest BCUT2D eigenvalue weighted by atomic mass is 9.33. The third kappa shape index (κ3) is 3.63. The second-order valence-corrected chi connectivity index (χ2v) is 16.6. The second kappa shape index (κ2) is 9.54. The Morgan fingerprint density at radius 1 is 0.976 bits per heavy atom. The van der Waals surface area contributed by atoms with Crippen LogP contribution in [0, 0.1) is 58.2 Å². The molecular weight excluding hydrogens is 518 g/mol. The standard InChI is InChI=1S/C37H57N3O2/c1-11-40(12-2)31-25-21-34(8)27(33(6,7)30(25)38-24(5)39-31)16-17-36(10)28(34)14-13-26-29-23(4)22(3)15-18-37(29,32(41)42)20-19-35(26,36)9/h13,22-23,27-29H,11-12,14-21H2,1-10H3,(H,41,42)/t22-,23+,27+,28-,29+,34+,35-,36-,37+/m1/s1. The van der Waals surface area contributed by atoms with Gasteiger partial charge in [-0.1, -0.05) is 60.1 Å². The van der Waals surface area contributed by atoms with Crippen molar-refractivity contribution in [2.45, 2.75) is 126 Å². The highest BCUT2D eigenvalue weighted by Gasteiger charge is 2.69. The van der Waals surface area contributed by atoms with E-state index >= 15 is 0 Å². The zero-order chi connectivity index (χ0) is 30.6. The van der Waals surface area contributed by atoms with Crippen molar-refractivity contribution in [1.29, 1.82) is 0 Å². The van der Waals surface area contributed by atoms with Crippen LogP contribution in [0.3, 0.4) is 0 Å². The first-order chi connectivity index (χ1) is 19.6. The molecule has 0 spiro atoms. The fourth-order valence-corrected chi connectivity index (χ4v) is 12.3. The Hall–Kier alpha value is -1.91. The van der Waals surface area contributed by atoms with Crippen LogP contribution >= 0.6 is 0 Å². The number of aromatic nitrogens is 2. The van der Waals surface area contributed by atoms with E-state index in [9.17, 15) is 9.90 Å². The number of anilines is 1. The Morgan fingerprint density at radius 3 is 2.31 bits per heavy atom. The third-order valence-electron chi connectivity index (χ3n) is 14.9. The lowest BCUT2D eigenvalue weighted by Crippen LogP contribution is -2.65. The molecule has 0 radical (unpaired) electrons. The number of aliphatic carboxylic acids is 1. The molecule has 5 nitrogen and oxygen atoms in total. The van der Waals surface area contributed by atoms with Crippen molar-refractivity contribution in [2.24, 2.45) is 51.2 Å². The molecule has 1 aromatic heterocycles. The number of carboxylic acids is 1. The fourth-order valence-electron chi connectivity index (χ4n) is 12.3. The topological polar surface area (TPSA) is 66.3 Å². The molecule has 6 rings (SSSR count). The molecule has 0 aromatic carbocycles. The summed E-state index contributed by atoms with van der Waals surface area (Å²) in [5.74, 6) is 3.76. The van der Waals surface area contributed by atoms with Gasteiger partial charge in [0.25, 0.3) is 0 Å². The average Bonchev–Trinajstić information content (AvgIpc) is 2.92. The summed E-state index contributed by atoms with van der Waals surface area (Å²) in [4.78, 5) is 25.8. The molecule has 5 aliphatic carbocycles. The maximum atomic E-state index is 13.0. The molecule has 0 aliphatic heterocycles. The van der Waals surface area contributed by atoms with Gasteiger partial charge in [0.15, 0.2) is 0 Å². The molecule has 5 heteroatoms. The van der Waals surface area contributed by atoms with Crippen molar-refractivity contribution in [1.82, 2.24) is 9.97 Å². The molecule has 9 atom stereocenters. The summed E-state index contributed by atoms with van der Waals surface area (Å²) in [5, 5.41) is 10.7. The number of hydrogen-bond donors (Lipinski definition) is 1. The van der Waals surface area contributed by atoms with Crippen molar-refractivity contribution in [2.75, 3.05) is 18.0 Å². The minimum atomic E-state index is -0.582.